The molecule has 0 unspecified atom stereocenters. The first-order chi connectivity index (χ1) is 9.28. The van der Waals surface area contributed by atoms with E-state index >= 15 is 0 Å². The molecule has 1 amide bonds. The minimum absolute atomic E-state index is 0.363. The zero-order valence-corrected chi connectivity index (χ0v) is 13.1. The summed E-state index contributed by atoms with van der Waals surface area (Å²) < 4.78 is 5.20. The van der Waals surface area contributed by atoms with E-state index in [2.05, 4.69) is 10.7 Å². The number of carbonyl (C=O) groups is 1. The molecule has 1 aromatic carbocycles. The Bertz CT molecular complexity index is 457. The molecule has 6 heteroatoms. The Morgan fingerprint density at radius 2 is 1.90 bits per heavy atom. The lowest BCUT2D eigenvalue weighted by molar-refractivity contribution is 0.0250. The lowest BCUT2D eigenvalue weighted by Gasteiger charge is -2.25. The quantitative estimate of drug-likeness (QED) is 0.648. The highest BCUT2D eigenvalue weighted by Gasteiger charge is 2.19. The number of amides is 1. The predicted octanol–water partition coefficient (Wildman–Crippen LogP) is 2.43. The van der Waals surface area contributed by atoms with Crippen molar-refractivity contribution in [2.45, 2.75) is 32.9 Å². The monoisotopic (exact) mass is 295 g/mol. The van der Waals surface area contributed by atoms with Gasteiger partial charge < -0.3 is 10.1 Å². The fourth-order valence-electron chi connectivity index (χ4n) is 1.35. The molecule has 0 aromatic heterocycles. The molecule has 0 aliphatic heterocycles. The first kappa shape index (κ1) is 16.2. The largest absolute Gasteiger partial charge is 0.442 e. The number of carbonyl (C=O) groups excluding carboxylic acids is 1. The molecule has 0 saturated carbocycles. The first-order valence-electron chi connectivity index (χ1n) is 6.33. The highest BCUT2D eigenvalue weighted by Crippen LogP contribution is 2.08. The van der Waals surface area contributed by atoms with E-state index in [4.69, 9.17) is 17.0 Å². The van der Waals surface area contributed by atoms with Crippen molar-refractivity contribution >= 4 is 23.4 Å². The molecule has 110 valence electrons. The summed E-state index contributed by atoms with van der Waals surface area (Å²) in [6.45, 7) is 6.02. The average molecular weight is 295 g/mol. The van der Waals surface area contributed by atoms with Gasteiger partial charge >= 0.3 is 6.09 Å². The molecular formula is C14H21N3O2S. The van der Waals surface area contributed by atoms with Crippen LogP contribution in [0.3, 0.4) is 0 Å². The molecule has 0 saturated heterocycles. The minimum Gasteiger partial charge on any atom is -0.442 e. The third kappa shape index (κ3) is 6.38. The second-order valence-electron chi connectivity index (χ2n) is 5.32. The summed E-state index contributed by atoms with van der Waals surface area (Å²) in [6.07, 6.45) is -0.485. The number of hydrazine groups is 1. The summed E-state index contributed by atoms with van der Waals surface area (Å²) in [5, 5.41) is 4.60. The lowest BCUT2D eigenvalue weighted by atomic mass is 10.2. The number of benzene rings is 1. The van der Waals surface area contributed by atoms with Gasteiger partial charge in [-0.15, -0.1) is 0 Å². The van der Waals surface area contributed by atoms with Crippen LogP contribution in [0, 0.1) is 0 Å². The Kier molecular flexibility index (Phi) is 5.76. The summed E-state index contributed by atoms with van der Waals surface area (Å²) in [4.78, 5) is 11.7. The van der Waals surface area contributed by atoms with Crippen molar-refractivity contribution in [3.63, 3.8) is 0 Å². The van der Waals surface area contributed by atoms with Gasteiger partial charge in [0.1, 0.15) is 5.60 Å². The molecule has 20 heavy (non-hydrogen) atoms. The molecule has 0 bridgehead atoms. The molecule has 0 aliphatic carbocycles. The van der Waals surface area contributed by atoms with E-state index in [9.17, 15) is 4.79 Å². The smallest absolute Gasteiger partial charge is 0.428 e. The van der Waals surface area contributed by atoms with Gasteiger partial charge in [-0.2, -0.15) is 0 Å². The SMILES string of the molecule is CN(NC(=S)NCc1ccccc1)C(=O)OC(C)(C)C. The van der Waals surface area contributed by atoms with Crippen LogP contribution in [0.2, 0.25) is 0 Å². The van der Waals surface area contributed by atoms with Crippen molar-refractivity contribution in [3.05, 3.63) is 35.9 Å². The lowest BCUT2D eigenvalue weighted by Crippen LogP contribution is -2.49. The summed E-state index contributed by atoms with van der Waals surface area (Å²) in [7, 11) is 1.56. The van der Waals surface area contributed by atoms with Crippen molar-refractivity contribution in [2.75, 3.05) is 7.05 Å². The van der Waals surface area contributed by atoms with Crippen LogP contribution in [-0.2, 0) is 11.3 Å². The van der Waals surface area contributed by atoms with Crippen molar-refractivity contribution in [1.82, 2.24) is 15.8 Å². The highest BCUT2D eigenvalue weighted by molar-refractivity contribution is 7.80. The number of hydrogen-bond donors (Lipinski definition) is 2. The Balaban J connectivity index is 2.36. The van der Waals surface area contributed by atoms with Gasteiger partial charge in [0.2, 0.25) is 0 Å². The van der Waals surface area contributed by atoms with Crippen molar-refractivity contribution in [2.24, 2.45) is 0 Å². The van der Waals surface area contributed by atoms with Crippen molar-refractivity contribution in [1.29, 1.82) is 0 Å². The van der Waals surface area contributed by atoms with E-state index in [1.807, 2.05) is 51.1 Å². The fourth-order valence-corrected chi connectivity index (χ4v) is 1.56. The summed E-state index contributed by atoms with van der Waals surface area (Å²) in [5.41, 5.74) is 3.32. The molecule has 0 heterocycles. The molecule has 2 N–H and O–H groups in total. The zero-order valence-electron chi connectivity index (χ0n) is 12.3. The maximum Gasteiger partial charge on any atom is 0.428 e. The van der Waals surface area contributed by atoms with Gasteiger partial charge in [0.15, 0.2) is 5.11 Å². The number of ether oxygens (including phenoxy) is 1. The van der Waals surface area contributed by atoms with E-state index in [1.54, 1.807) is 7.05 Å². The fraction of sp³-hybridized carbons (Fsp3) is 0.429. The maximum absolute atomic E-state index is 11.7. The molecule has 0 aliphatic rings. The molecule has 1 rings (SSSR count). The van der Waals surface area contributed by atoms with Crippen LogP contribution in [0.15, 0.2) is 30.3 Å². The zero-order chi connectivity index (χ0) is 15.2. The average Bonchev–Trinajstić information content (AvgIpc) is 2.35. The van der Waals surface area contributed by atoms with Crippen LogP contribution in [0.25, 0.3) is 0 Å². The van der Waals surface area contributed by atoms with Crippen molar-refractivity contribution < 1.29 is 9.53 Å². The van der Waals surface area contributed by atoms with E-state index in [0.29, 0.717) is 11.7 Å². The van der Waals surface area contributed by atoms with Gasteiger partial charge in [-0.3, -0.25) is 5.43 Å². The summed E-state index contributed by atoms with van der Waals surface area (Å²) in [6, 6.07) is 9.86. The normalized spacial score (nSPS) is 10.6. The van der Waals surface area contributed by atoms with Crippen LogP contribution in [-0.4, -0.2) is 28.9 Å². The molecule has 1 aromatic rings. The number of rotatable bonds is 2. The van der Waals surface area contributed by atoms with Crippen LogP contribution in [0.1, 0.15) is 26.3 Å². The number of nitrogens with one attached hydrogen (secondary N) is 2. The number of hydrogen-bond acceptors (Lipinski definition) is 3. The Hall–Kier alpha value is -1.82. The molecule has 0 atom stereocenters. The van der Waals surface area contributed by atoms with Gasteiger partial charge in [0.05, 0.1) is 0 Å². The third-order valence-corrected chi connectivity index (χ3v) is 2.47. The van der Waals surface area contributed by atoms with E-state index in [1.165, 1.54) is 5.01 Å². The number of thiocarbonyl (C=S) groups is 1. The van der Waals surface area contributed by atoms with Gasteiger partial charge in [-0.05, 0) is 38.6 Å². The van der Waals surface area contributed by atoms with Crippen LogP contribution in [0.4, 0.5) is 4.79 Å². The molecule has 0 radical (unpaired) electrons. The molecule has 0 fully saturated rings. The highest BCUT2D eigenvalue weighted by atomic mass is 32.1. The third-order valence-electron chi connectivity index (χ3n) is 2.23. The van der Waals surface area contributed by atoms with Gasteiger partial charge in [0, 0.05) is 13.6 Å². The van der Waals surface area contributed by atoms with Crippen LogP contribution < -0.4 is 10.7 Å². The van der Waals surface area contributed by atoms with Crippen LogP contribution in [0.5, 0.6) is 0 Å². The summed E-state index contributed by atoms with van der Waals surface area (Å²) >= 11 is 5.12. The molecule has 0 spiro atoms. The Labute approximate surface area is 125 Å². The molecule has 5 nitrogen and oxygen atoms in total. The second kappa shape index (κ2) is 7.09. The van der Waals surface area contributed by atoms with Crippen LogP contribution >= 0.6 is 12.2 Å². The molecular weight excluding hydrogens is 274 g/mol. The van der Waals surface area contributed by atoms with Gasteiger partial charge in [-0.25, -0.2) is 9.80 Å². The maximum atomic E-state index is 11.7. The standard InChI is InChI=1S/C14H21N3O2S/c1-14(2,3)19-13(18)17(4)16-12(20)15-10-11-8-6-5-7-9-11/h5-9H,10H2,1-4H3,(H2,15,16,20). The first-order valence-corrected chi connectivity index (χ1v) is 6.74. The predicted molar refractivity (Wildman–Crippen MR) is 83.0 cm³/mol. The summed E-state index contributed by atoms with van der Waals surface area (Å²) in [5.74, 6) is 0. The van der Waals surface area contributed by atoms with E-state index in [-0.39, 0.29) is 0 Å². The Morgan fingerprint density at radius 3 is 2.45 bits per heavy atom. The van der Waals surface area contributed by atoms with E-state index < -0.39 is 11.7 Å². The number of nitrogens with zero attached hydrogens (tertiary/aromatic N) is 1. The minimum atomic E-state index is -0.536. The topological polar surface area (TPSA) is 53.6 Å². The van der Waals surface area contributed by atoms with Gasteiger partial charge in [-0.1, -0.05) is 30.3 Å². The van der Waals surface area contributed by atoms with Gasteiger partial charge in [0.25, 0.3) is 0 Å². The van der Waals surface area contributed by atoms with Crippen molar-refractivity contribution in [3.8, 4) is 0 Å². The Morgan fingerprint density at radius 1 is 1.30 bits per heavy atom. The van der Waals surface area contributed by atoms with E-state index in [0.717, 1.165) is 5.56 Å². The second-order valence-corrected chi connectivity index (χ2v) is 5.73.